The van der Waals surface area contributed by atoms with Crippen LogP contribution in [-0.4, -0.2) is 38.5 Å². The van der Waals surface area contributed by atoms with Crippen LogP contribution in [0.3, 0.4) is 0 Å². The Morgan fingerprint density at radius 3 is 2.59 bits per heavy atom. The van der Waals surface area contributed by atoms with Gasteiger partial charge >= 0.3 is 0 Å². The number of ether oxygens (including phenoxy) is 1. The number of aromatic amines is 1. The molecule has 51 heavy (non-hydrogen) atoms. The molecule has 1 aromatic heterocycles. The molecule has 5 nitrogen and oxygen atoms in total. The standard InChI is InChI=1S/C46H60N2O3/c1-3-28-19-40(48-26-28)30-7-6-8-33(20-30)43(2)42-31-9-12-34(27-49)46(42,47)41-16-11-29-10-14-37(38-15-13-36(50)22-39(29)38)32-21-35(45(41,24-31)51-43)25-44(23-32)17-4-5-18-44/h10,13-15,19,22,26,29-35,37,41-42,48-50H,3-9,12,17-18,20-21,23-25,27,47H2,1-2H3/t29-,30-,31-,32+,33+,34-,35+,37-,41+,42-,43+,45+,46-/m0/s1. The Bertz CT molecular complexity index is 1780. The smallest absolute Gasteiger partial charge is 0.115 e. The van der Waals surface area contributed by atoms with Gasteiger partial charge < -0.3 is 25.7 Å². The number of benzene rings is 1. The summed E-state index contributed by atoms with van der Waals surface area (Å²) >= 11 is 0. The van der Waals surface area contributed by atoms with Gasteiger partial charge in [0.1, 0.15) is 5.75 Å². The number of aliphatic hydroxyl groups is 1. The Morgan fingerprint density at radius 1 is 0.922 bits per heavy atom. The lowest BCUT2D eigenvalue weighted by atomic mass is 9.38. The summed E-state index contributed by atoms with van der Waals surface area (Å²) in [5, 5.41) is 22.0. The van der Waals surface area contributed by atoms with Crippen LogP contribution in [0.25, 0.3) is 0 Å². The number of aromatic nitrogens is 1. The molecule has 5 saturated carbocycles. The van der Waals surface area contributed by atoms with E-state index in [1.165, 1.54) is 80.2 Å². The summed E-state index contributed by atoms with van der Waals surface area (Å²) in [6.45, 7) is 4.87. The van der Waals surface area contributed by atoms with Crippen LogP contribution in [0.5, 0.6) is 5.75 Å². The first-order chi connectivity index (χ1) is 24.7. The minimum absolute atomic E-state index is 0.0176. The number of phenolic OH excluding ortho intramolecular Hbond substituents is 1. The van der Waals surface area contributed by atoms with Crippen molar-refractivity contribution in [3.05, 3.63) is 65.0 Å². The molecule has 11 rings (SSSR count). The molecular formula is C46H60N2O3. The highest BCUT2D eigenvalue weighted by atomic mass is 16.5. The Morgan fingerprint density at radius 2 is 1.78 bits per heavy atom. The van der Waals surface area contributed by atoms with Crippen molar-refractivity contribution in [3.8, 4) is 17.6 Å². The van der Waals surface area contributed by atoms with E-state index >= 15 is 0 Å². The molecule has 5 N–H and O–H groups in total. The first-order valence-corrected chi connectivity index (χ1v) is 21.0. The van der Waals surface area contributed by atoms with Crippen LogP contribution < -0.4 is 5.73 Å². The zero-order chi connectivity index (χ0) is 34.8. The number of rotatable bonds is 4. The number of aromatic hydroxyl groups is 1. The van der Waals surface area contributed by atoms with Crippen LogP contribution in [0.2, 0.25) is 0 Å². The maximum atomic E-state index is 11.2. The van der Waals surface area contributed by atoms with Gasteiger partial charge in [0.15, 0.2) is 0 Å². The van der Waals surface area contributed by atoms with E-state index < -0.39 is 11.1 Å². The van der Waals surface area contributed by atoms with Crippen molar-refractivity contribution in [2.45, 2.75) is 145 Å². The number of aliphatic hydroxyl groups excluding tert-OH is 1. The van der Waals surface area contributed by atoms with Crippen molar-refractivity contribution in [3.63, 3.8) is 0 Å². The molecule has 3 heterocycles. The fourth-order valence-electron chi connectivity index (χ4n) is 15.0. The van der Waals surface area contributed by atoms with Crippen LogP contribution in [-0.2, 0) is 11.2 Å². The molecule has 8 bridgehead atoms. The van der Waals surface area contributed by atoms with E-state index in [0.717, 1.165) is 38.5 Å². The van der Waals surface area contributed by atoms with E-state index in [1.54, 1.807) is 0 Å². The lowest BCUT2D eigenvalue weighted by Crippen LogP contribution is -2.84. The second kappa shape index (κ2) is 11.7. The molecule has 13 atom stereocenters. The van der Waals surface area contributed by atoms with Crippen LogP contribution in [0.15, 0.2) is 42.6 Å². The average Bonchev–Trinajstić information content (AvgIpc) is 3.80. The Hall–Kier alpha value is -2.52. The minimum Gasteiger partial charge on any atom is -0.508 e. The van der Waals surface area contributed by atoms with E-state index in [2.05, 4.69) is 61.2 Å². The molecule has 7 fully saturated rings. The maximum absolute atomic E-state index is 11.2. The number of hydrogen-bond acceptors (Lipinski definition) is 4. The molecule has 0 unspecified atom stereocenters. The molecule has 0 amide bonds. The molecule has 2 aromatic rings. The normalized spacial score (nSPS) is 45.8. The molecule has 2 aliphatic heterocycles. The molecular weight excluding hydrogens is 629 g/mol. The van der Waals surface area contributed by atoms with Crippen molar-refractivity contribution in [1.29, 1.82) is 0 Å². The van der Waals surface area contributed by atoms with Crippen molar-refractivity contribution in [1.82, 2.24) is 4.98 Å². The van der Waals surface area contributed by atoms with Gasteiger partial charge in [-0.25, -0.2) is 0 Å². The molecule has 2 saturated heterocycles. The number of allylic oxidation sites excluding steroid dienone is 2. The fraction of sp³-hybridized carbons (Fsp3) is 0.696. The number of nitrogens with one attached hydrogen (secondary N) is 1. The topological polar surface area (TPSA) is 91.5 Å². The van der Waals surface area contributed by atoms with Gasteiger partial charge in [-0.1, -0.05) is 56.2 Å². The van der Waals surface area contributed by atoms with E-state index in [9.17, 15) is 10.2 Å². The lowest BCUT2D eigenvalue weighted by molar-refractivity contribution is -0.362. The zero-order valence-electron chi connectivity index (χ0n) is 31.0. The summed E-state index contributed by atoms with van der Waals surface area (Å²) in [4.78, 5) is 3.68. The van der Waals surface area contributed by atoms with Gasteiger partial charge in [0.05, 0.1) is 23.0 Å². The molecule has 272 valence electrons. The van der Waals surface area contributed by atoms with Gasteiger partial charge in [0.25, 0.3) is 0 Å². The molecule has 1 aromatic carbocycles. The third-order valence-electron chi connectivity index (χ3n) is 17.0. The largest absolute Gasteiger partial charge is 0.508 e. The zero-order valence-corrected chi connectivity index (χ0v) is 31.0. The lowest BCUT2D eigenvalue weighted by Gasteiger charge is -2.75. The summed E-state index contributed by atoms with van der Waals surface area (Å²) in [5.41, 5.74) is 12.5. The van der Waals surface area contributed by atoms with E-state index in [0.29, 0.717) is 46.7 Å². The number of aryl methyl sites for hydroxylation is 1. The fourth-order valence-corrected chi connectivity index (χ4v) is 15.0. The number of phenols is 1. The molecule has 9 aliphatic rings. The van der Waals surface area contributed by atoms with Crippen LogP contribution in [0.4, 0.5) is 0 Å². The van der Waals surface area contributed by atoms with Gasteiger partial charge in [-0.05, 0) is 154 Å². The predicted molar refractivity (Wildman–Crippen MR) is 201 cm³/mol. The molecule has 2 spiro atoms. The molecule has 7 aliphatic carbocycles. The van der Waals surface area contributed by atoms with Gasteiger partial charge in [0, 0.05) is 41.8 Å². The van der Waals surface area contributed by atoms with E-state index in [1.807, 2.05) is 12.1 Å². The summed E-state index contributed by atoms with van der Waals surface area (Å²) < 4.78 is 8.22. The number of H-pyrrole nitrogens is 1. The van der Waals surface area contributed by atoms with Gasteiger partial charge in [0.2, 0.25) is 0 Å². The van der Waals surface area contributed by atoms with Crippen LogP contribution in [0, 0.1) is 58.7 Å². The van der Waals surface area contributed by atoms with Gasteiger partial charge in [-0.3, -0.25) is 0 Å². The molecule has 5 heteroatoms. The number of hydrogen-bond donors (Lipinski definition) is 4. The Balaban J connectivity index is 1.14. The third-order valence-corrected chi connectivity index (χ3v) is 17.0. The predicted octanol–water partition coefficient (Wildman–Crippen LogP) is 8.87. The Labute approximate surface area is 305 Å². The van der Waals surface area contributed by atoms with Crippen molar-refractivity contribution >= 4 is 0 Å². The summed E-state index contributed by atoms with van der Waals surface area (Å²) in [6, 6.07) is 8.51. The average molecular weight is 689 g/mol. The first-order valence-electron chi connectivity index (χ1n) is 21.0. The number of fused-ring (bicyclic) bond motifs is 9. The monoisotopic (exact) mass is 688 g/mol. The minimum atomic E-state index is -0.613. The summed E-state index contributed by atoms with van der Waals surface area (Å²) in [5.74, 6) is 10.8. The van der Waals surface area contributed by atoms with Gasteiger partial charge in [-0.2, -0.15) is 0 Å². The second-order valence-electron chi connectivity index (χ2n) is 19.2. The molecule has 0 radical (unpaired) electrons. The highest BCUT2D eigenvalue weighted by Crippen LogP contribution is 2.72. The quantitative estimate of drug-likeness (QED) is 0.191. The van der Waals surface area contributed by atoms with Crippen molar-refractivity contribution < 1.29 is 14.9 Å². The Kier molecular flexibility index (Phi) is 7.61. The summed E-state index contributed by atoms with van der Waals surface area (Å²) in [7, 11) is 0. The summed E-state index contributed by atoms with van der Waals surface area (Å²) in [6.07, 6.45) is 25.1. The van der Waals surface area contributed by atoms with E-state index in [-0.39, 0.29) is 35.9 Å². The number of nitrogens with two attached hydrogens (primary N) is 1. The third kappa shape index (κ3) is 4.70. The second-order valence-corrected chi connectivity index (χ2v) is 19.2. The van der Waals surface area contributed by atoms with Crippen molar-refractivity contribution in [2.75, 3.05) is 6.61 Å². The maximum Gasteiger partial charge on any atom is 0.115 e. The highest BCUT2D eigenvalue weighted by Gasteiger charge is 2.76. The first kappa shape index (κ1) is 33.1. The highest BCUT2D eigenvalue weighted by molar-refractivity contribution is 5.50. The van der Waals surface area contributed by atoms with Crippen LogP contribution in [0.1, 0.15) is 144 Å². The van der Waals surface area contributed by atoms with Crippen molar-refractivity contribution in [2.24, 2.45) is 52.6 Å². The van der Waals surface area contributed by atoms with Crippen LogP contribution >= 0.6 is 0 Å². The van der Waals surface area contributed by atoms with Gasteiger partial charge in [-0.15, -0.1) is 0 Å². The van der Waals surface area contributed by atoms with E-state index in [4.69, 9.17) is 10.5 Å². The SMILES string of the molecule is CCc1c[nH]c([C@H]2CCC[C@@H]([C@@]3(C)O[C@@]45C[C@@H]6CC[C@@H](CO)[C@](N)([C@@H]4C#C[C@@H]4C=C[C@H](c7ccc(O)cc74)[C@@H]4C[C@@H]5CC5(CCCC5)C4)[C@@H]63)C2)c1.